The second-order valence-electron chi connectivity index (χ2n) is 5.28. The van der Waals surface area contributed by atoms with Gasteiger partial charge in [-0.1, -0.05) is 31.2 Å². The molecule has 0 atom stereocenters. The number of nitrogens with one attached hydrogen (secondary N) is 1. The van der Waals surface area contributed by atoms with Gasteiger partial charge in [0.2, 0.25) is 5.91 Å². The summed E-state index contributed by atoms with van der Waals surface area (Å²) in [6, 6.07) is 12.1. The predicted octanol–water partition coefficient (Wildman–Crippen LogP) is 2.74. The standard InChI is InChI=1S/C18H20N2O3/c1-3-13-4-6-14(7-5-13)10-18(23)20-19-12(2)16-9-8-15(21)11-17(16)22/h4-9,11,21-22H,3,10H2,1-2H3,(H,20,23)/b19-12-. The van der Waals surface area contributed by atoms with Gasteiger partial charge in [0.05, 0.1) is 12.1 Å². The van der Waals surface area contributed by atoms with Crippen molar-refractivity contribution >= 4 is 11.6 Å². The van der Waals surface area contributed by atoms with Gasteiger partial charge in [0.15, 0.2) is 0 Å². The Morgan fingerprint density at radius 2 is 1.74 bits per heavy atom. The van der Waals surface area contributed by atoms with Crippen LogP contribution in [0.2, 0.25) is 0 Å². The molecule has 0 heterocycles. The molecule has 0 spiro atoms. The van der Waals surface area contributed by atoms with Gasteiger partial charge >= 0.3 is 0 Å². The molecule has 1 amide bonds. The van der Waals surface area contributed by atoms with E-state index in [4.69, 9.17) is 0 Å². The topological polar surface area (TPSA) is 81.9 Å². The van der Waals surface area contributed by atoms with E-state index in [1.807, 2.05) is 24.3 Å². The molecule has 0 saturated heterocycles. The maximum absolute atomic E-state index is 11.9. The molecule has 23 heavy (non-hydrogen) atoms. The highest BCUT2D eigenvalue weighted by Crippen LogP contribution is 2.22. The number of aryl methyl sites for hydroxylation is 1. The van der Waals surface area contributed by atoms with Crippen molar-refractivity contribution in [2.24, 2.45) is 5.10 Å². The largest absolute Gasteiger partial charge is 0.508 e. The second-order valence-corrected chi connectivity index (χ2v) is 5.28. The molecule has 0 unspecified atom stereocenters. The molecule has 0 aliphatic rings. The molecule has 0 aliphatic carbocycles. The van der Waals surface area contributed by atoms with Gasteiger partial charge in [0.25, 0.3) is 0 Å². The highest BCUT2D eigenvalue weighted by atomic mass is 16.3. The second kappa shape index (κ2) is 7.45. The number of phenolic OH excluding ortho intramolecular Hbond substituents is 2. The first kappa shape index (κ1) is 16.5. The molecule has 3 N–H and O–H groups in total. The van der Waals surface area contributed by atoms with Crippen LogP contribution in [0.1, 0.15) is 30.5 Å². The van der Waals surface area contributed by atoms with Crippen LogP contribution in [0.5, 0.6) is 11.5 Å². The molecule has 0 fully saturated rings. The van der Waals surface area contributed by atoms with Crippen LogP contribution < -0.4 is 5.43 Å². The van der Waals surface area contributed by atoms with Crippen molar-refractivity contribution in [2.75, 3.05) is 0 Å². The van der Waals surface area contributed by atoms with Crippen LogP contribution in [0.15, 0.2) is 47.6 Å². The summed E-state index contributed by atoms with van der Waals surface area (Å²) in [7, 11) is 0. The Labute approximate surface area is 135 Å². The van der Waals surface area contributed by atoms with Gasteiger partial charge < -0.3 is 10.2 Å². The third-order valence-corrected chi connectivity index (χ3v) is 3.52. The van der Waals surface area contributed by atoms with Crippen LogP contribution in [0.3, 0.4) is 0 Å². The Bertz CT molecular complexity index is 722. The smallest absolute Gasteiger partial charge is 0.244 e. The molecule has 0 radical (unpaired) electrons. The highest BCUT2D eigenvalue weighted by Gasteiger charge is 2.07. The number of hydrogen-bond acceptors (Lipinski definition) is 4. The Kier molecular flexibility index (Phi) is 5.36. The highest BCUT2D eigenvalue weighted by molar-refractivity contribution is 6.01. The molecular weight excluding hydrogens is 292 g/mol. The third-order valence-electron chi connectivity index (χ3n) is 3.52. The summed E-state index contributed by atoms with van der Waals surface area (Å²) in [5, 5.41) is 23.0. The fraction of sp³-hybridized carbons (Fsp3) is 0.222. The molecule has 0 aliphatic heterocycles. The number of aromatic hydroxyl groups is 2. The maximum Gasteiger partial charge on any atom is 0.244 e. The molecule has 5 nitrogen and oxygen atoms in total. The Morgan fingerprint density at radius 1 is 1.09 bits per heavy atom. The minimum Gasteiger partial charge on any atom is -0.508 e. The van der Waals surface area contributed by atoms with Crippen LogP contribution >= 0.6 is 0 Å². The lowest BCUT2D eigenvalue weighted by Gasteiger charge is -2.06. The first-order chi connectivity index (χ1) is 11.0. The van der Waals surface area contributed by atoms with Crippen LogP contribution in [0.4, 0.5) is 0 Å². The van der Waals surface area contributed by atoms with Gasteiger partial charge in [-0.05, 0) is 36.6 Å². The monoisotopic (exact) mass is 312 g/mol. The zero-order valence-corrected chi connectivity index (χ0v) is 13.2. The van der Waals surface area contributed by atoms with Gasteiger partial charge in [-0.3, -0.25) is 4.79 Å². The molecule has 0 saturated carbocycles. The molecule has 120 valence electrons. The van der Waals surface area contributed by atoms with Crippen molar-refractivity contribution < 1.29 is 15.0 Å². The average Bonchev–Trinajstić information content (AvgIpc) is 2.53. The molecule has 2 rings (SSSR count). The summed E-state index contributed by atoms with van der Waals surface area (Å²) in [6.07, 6.45) is 1.20. The molecule has 2 aromatic carbocycles. The Morgan fingerprint density at radius 3 is 2.35 bits per heavy atom. The molecule has 0 aromatic heterocycles. The van der Waals surface area contributed by atoms with E-state index < -0.39 is 0 Å². The maximum atomic E-state index is 11.9. The lowest BCUT2D eigenvalue weighted by atomic mass is 10.1. The average molecular weight is 312 g/mol. The van der Waals surface area contributed by atoms with Gasteiger partial charge in [0, 0.05) is 11.6 Å². The van der Waals surface area contributed by atoms with Crippen LogP contribution in [0.25, 0.3) is 0 Å². The van der Waals surface area contributed by atoms with E-state index in [9.17, 15) is 15.0 Å². The number of nitrogens with zero attached hydrogens (tertiary/aromatic N) is 1. The van der Waals surface area contributed by atoms with Crippen molar-refractivity contribution in [2.45, 2.75) is 26.7 Å². The van der Waals surface area contributed by atoms with Crippen LogP contribution in [-0.4, -0.2) is 21.8 Å². The normalized spacial score (nSPS) is 11.3. The fourth-order valence-corrected chi connectivity index (χ4v) is 2.15. The van der Waals surface area contributed by atoms with Gasteiger partial charge in [-0.15, -0.1) is 0 Å². The first-order valence-electron chi connectivity index (χ1n) is 7.43. The number of hydrazone groups is 1. The van der Waals surface area contributed by atoms with E-state index in [-0.39, 0.29) is 23.8 Å². The third kappa shape index (κ3) is 4.57. The van der Waals surface area contributed by atoms with E-state index in [0.717, 1.165) is 12.0 Å². The molecular formula is C18H20N2O3. The summed E-state index contributed by atoms with van der Waals surface area (Å²) in [6.45, 7) is 3.75. The summed E-state index contributed by atoms with van der Waals surface area (Å²) >= 11 is 0. The van der Waals surface area contributed by atoms with Gasteiger partial charge in [0.1, 0.15) is 11.5 Å². The number of hydrogen-bond donors (Lipinski definition) is 3. The number of benzene rings is 2. The Hall–Kier alpha value is -2.82. The number of carbonyl (C=O) groups excluding carboxylic acids is 1. The zero-order valence-electron chi connectivity index (χ0n) is 13.2. The lowest BCUT2D eigenvalue weighted by molar-refractivity contribution is -0.120. The number of phenols is 2. The van der Waals surface area contributed by atoms with Gasteiger partial charge in [-0.2, -0.15) is 5.10 Å². The fourth-order valence-electron chi connectivity index (χ4n) is 2.15. The van der Waals surface area contributed by atoms with E-state index >= 15 is 0 Å². The minimum absolute atomic E-state index is 0.0291. The lowest BCUT2D eigenvalue weighted by Crippen LogP contribution is -2.21. The number of rotatable bonds is 5. The summed E-state index contributed by atoms with van der Waals surface area (Å²) in [5.41, 5.74) is 5.53. The quantitative estimate of drug-likeness (QED) is 0.586. The van der Waals surface area contributed by atoms with E-state index in [2.05, 4.69) is 17.5 Å². The van der Waals surface area contributed by atoms with E-state index in [1.165, 1.54) is 17.7 Å². The Balaban J connectivity index is 1.99. The summed E-state index contributed by atoms with van der Waals surface area (Å²) < 4.78 is 0. The van der Waals surface area contributed by atoms with Gasteiger partial charge in [-0.25, -0.2) is 5.43 Å². The summed E-state index contributed by atoms with van der Waals surface area (Å²) in [5.74, 6) is -0.346. The number of amides is 1. The van der Waals surface area contributed by atoms with E-state index in [1.54, 1.807) is 13.0 Å². The van der Waals surface area contributed by atoms with E-state index in [0.29, 0.717) is 11.3 Å². The SMILES string of the molecule is CCc1ccc(CC(=O)N/N=C(/C)c2ccc(O)cc2O)cc1. The minimum atomic E-state index is -0.230. The van der Waals surface area contributed by atoms with Crippen LogP contribution in [0, 0.1) is 0 Å². The van der Waals surface area contributed by atoms with Crippen molar-refractivity contribution in [3.63, 3.8) is 0 Å². The van der Waals surface area contributed by atoms with Crippen molar-refractivity contribution in [3.05, 3.63) is 59.2 Å². The summed E-state index contributed by atoms with van der Waals surface area (Å²) in [4.78, 5) is 11.9. The van der Waals surface area contributed by atoms with Crippen molar-refractivity contribution in [3.8, 4) is 11.5 Å². The van der Waals surface area contributed by atoms with Crippen molar-refractivity contribution in [1.29, 1.82) is 0 Å². The van der Waals surface area contributed by atoms with Crippen LogP contribution in [-0.2, 0) is 17.6 Å². The molecule has 5 heteroatoms. The molecule has 2 aromatic rings. The zero-order chi connectivity index (χ0) is 16.8. The first-order valence-corrected chi connectivity index (χ1v) is 7.43. The molecule has 0 bridgehead atoms. The number of carbonyl (C=O) groups is 1. The van der Waals surface area contributed by atoms with Crippen molar-refractivity contribution in [1.82, 2.24) is 5.43 Å². The predicted molar refractivity (Wildman–Crippen MR) is 89.6 cm³/mol.